The number of nitrogens with zero attached hydrogens (tertiary/aromatic N) is 2. The van der Waals surface area contributed by atoms with Gasteiger partial charge in [-0.3, -0.25) is 0 Å². The molecule has 4 nitrogen and oxygen atoms in total. The second kappa shape index (κ2) is 5.65. The quantitative estimate of drug-likeness (QED) is 0.856. The largest absolute Gasteiger partial charge is 0.367 e. The van der Waals surface area contributed by atoms with Crippen molar-refractivity contribution in [3.05, 3.63) is 17.8 Å². The van der Waals surface area contributed by atoms with Crippen molar-refractivity contribution in [3.63, 3.8) is 0 Å². The minimum atomic E-state index is 0.598. The Labute approximate surface area is 109 Å². The van der Waals surface area contributed by atoms with Crippen LogP contribution in [-0.2, 0) is 0 Å². The van der Waals surface area contributed by atoms with Crippen LogP contribution in [-0.4, -0.2) is 29.3 Å². The molecule has 2 fully saturated rings. The molecule has 1 aliphatic carbocycles. The Hall–Kier alpha value is -1.16. The van der Waals surface area contributed by atoms with E-state index in [4.69, 9.17) is 0 Å². The van der Waals surface area contributed by atoms with E-state index in [0.29, 0.717) is 12.0 Å². The zero-order chi connectivity index (χ0) is 12.2. The van der Waals surface area contributed by atoms with Gasteiger partial charge >= 0.3 is 0 Å². The van der Waals surface area contributed by atoms with E-state index < -0.39 is 0 Å². The predicted octanol–water partition coefficient (Wildman–Crippen LogP) is 2.30. The van der Waals surface area contributed by atoms with Gasteiger partial charge in [0.2, 0.25) is 0 Å². The molecule has 0 amide bonds. The first-order valence-corrected chi connectivity index (χ1v) is 7.23. The van der Waals surface area contributed by atoms with Crippen LogP contribution in [0, 0.1) is 0 Å². The van der Waals surface area contributed by atoms with Crippen molar-refractivity contribution in [2.45, 2.75) is 50.5 Å². The molecule has 0 spiro atoms. The minimum absolute atomic E-state index is 0.598. The van der Waals surface area contributed by atoms with E-state index in [1.807, 2.05) is 0 Å². The molecular formula is C14H22N4. The summed E-state index contributed by atoms with van der Waals surface area (Å²) in [5.41, 5.74) is 1.18. The molecule has 1 saturated heterocycles. The molecule has 4 heteroatoms. The van der Waals surface area contributed by atoms with E-state index in [0.717, 1.165) is 18.9 Å². The SMILES string of the molecule is c1cc(C2CCCC2)nnc1NCC1CCCN1. The zero-order valence-corrected chi connectivity index (χ0v) is 10.9. The second-order valence-corrected chi connectivity index (χ2v) is 5.50. The van der Waals surface area contributed by atoms with Crippen LogP contribution in [0.4, 0.5) is 5.82 Å². The maximum Gasteiger partial charge on any atom is 0.148 e. The number of hydrogen-bond acceptors (Lipinski definition) is 4. The highest BCUT2D eigenvalue weighted by Crippen LogP contribution is 2.32. The van der Waals surface area contributed by atoms with Crippen molar-refractivity contribution in [3.8, 4) is 0 Å². The molecule has 1 unspecified atom stereocenters. The molecule has 3 rings (SSSR count). The molecule has 1 saturated carbocycles. The highest BCUT2D eigenvalue weighted by molar-refractivity contribution is 5.33. The average molecular weight is 246 g/mol. The van der Waals surface area contributed by atoms with Gasteiger partial charge in [0.05, 0.1) is 5.69 Å². The second-order valence-electron chi connectivity index (χ2n) is 5.50. The van der Waals surface area contributed by atoms with Gasteiger partial charge in [-0.25, -0.2) is 0 Å². The Bertz CT molecular complexity index is 364. The summed E-state index contributed by atoms with van der Waals surface area (Å²) in [7, 11) is 0. The van der Waals surface area contributed by atoms with Gasteiger partial charge in [0, 0.05) is 18.5 Å². The molecule has 1 aromatic rings. The molecule has 0 radical (unpaired) electrons. The molecule has 18 heavy (non-hydrogen) atoms. The third-order valence-corrected chi connectivity index (χ3v) is 4.15. The summed E-state index contributed by atoms with van der Waals surface area (Å²) in [5.74, 6) is 1.56. The van der Waals surface area contributed by atoms with E-state index >= 15 is 0 Å². The van der Waals surface area contributed by atoms with Gasteiger partial charge in [0.25, 0.3) is 0 Å². The lowest BCUT2D eigenvalue weighted by atomic mass is 10.0. The zero-order valence-electron chi connectivity index (χ0n) is 10.9. The van der Waals surface area contributed by atoms with Crippen LogP contribution in [0.2, 0.25) is 0 Å². The van der Waals surface area contributed by atoms with E-state index in [1.165, 1.54) is 44.2 Å². The van der Waals surface area contributed by atoms with Gasteiger partial charge in [-0.15, -0.1) is 5.10 Å². The summed E-state index contributed by atoms with van der Waals surface area (Å²) in [6.45, 7) is 2.11. The summed E-state index contributed by atoms with van der Waals surface area (Å²) < 4.78 is 0. The van der Waals surface area contributed by atoms with Crippen LogP contribution in [0.3, 0.4) is 0 Å². The van der Waals surface area contributed by atoms with Crippen molar-refractivity contribution in [1.29, 1.82) is 0 Å². The fourth-order valence-electron chi connectivity index (χ4n) is 3.03. The van der Waals surface area contributed by atoms with Crippen LogP contribution >= 0.6 is 0 Å². The maximum absolute atomic E-state index is 4.37. The van der Waals surface area contributed by atoms with E-state index in [-0.39, 0.29) is 0 Å². The summed E-state index contributed by atoms with van der Waals surface area (Å²) in [5, 5.41) is 15.5. The Kier molecular flexibility index (Phi) is 3.74. The Morgan fingerprint density at radius 2 is 2.00 bits per heavy atom. The topological polar surface area (TPSA) is 49.8 Å². The fourth-order valence-corrected chi connectivity index (χ4v) is 3.03. The van der Waals surface area contributed by atoms with Crippen LogP contribution < -0.4 is 10.6 Å². The molecule has 98 valence electrons. The summed E-state index contributed by atoms with van der Waals surface area (Å²) in [6, 6.07) is 4.82. The Morgan fingerprint density at radius 3 is 2.67 bits per heavy atom. The number of nitrogens with one attached hydrogen (secondary N) is 2. The lowest BCUT2D eigenvalue weighted by Gasteiger charge is -2.12. The van der Waals surface area contributed by atoms with Gasteiger partial charge in [-0.2, -0.15) is 5.10 Å². The van der Waals surface area contributed by atoms with Crippen molar-refractivity contribution in [2.24, 2.45) is 0 Å². The van der Waals surface area contributed by atoms with Crippen LogP contribution in [0.1, 0.15) is 50.1 Å². The van der Waals surface area contributed by atoms with Crippen LogP contribution in [0.15, 0.2) is 12.1 Å². The molecule has 2 aliphatic rings. The molecular weight excluding hydrogens is 224 g/mol. The normalized spacial score (nSPS) is 24.6. The number of hydrogen-bond donors (Lipinski definition) is 2. The van der Waals surface area contributed by atoms with E-state index in [9.17, 15) is 0 Å². The predicted molar refractivity (Wildman–Crippen MR) is 72.8 cm³/mol. The minimum Gasteiger partial charge on any atom is -0.367 e. The lowest BCUT2D eigenvalue weighted by Crippen LogP contribution is -2.29. The molecule has 0 bridgehead atoms. The monoisotopic (exact) mass is 246 g/mol. The standard InChI is InChI=1S/C14H22N4/c1-2-5-11(4-1)13-7-8-14(18-17-13)16-10-12-6-3-9-15-12/h7-8,11-12,15H,1-6,9-10H2,(H,16,18). The summed E-state index contributed by atoms with van der Waals surface area (Å²) in [6.07, 6.45) is 7.82. The number of anilines is 1. The molecule has 1 atom stereocenters. The molecule has 2 N–H and O–H groups in total. The van der Waals surface area contributed by atoms with E-state index in [1.54, 1.807) is 0 Å². The fraction of sp³-hybridized carbons (Fsp3) is 0.714. The molecule has 0 aromatic carbocycles. The molecule has 1 aromatic heterocycles. The van der Waals surface area contributed by atoms with E-state index in [2.05, 4.69) is 33.0 Å². The van der Waals surface area contributed by atoms with Crippen LogP contribution in [0.25, 0.3) is 0 Å². The Balaban J connectivity index is 1.53. The maximum atomic E-state index is 4.37. The first-order chi connectivity index (χ1) is 8.92. The van der Waals surface area contributed by atoms with Gasteiger partial charge in [-0.1, -0.05) is 12.8 Å². The highest BCUT2D eigenvalue weighted by atomic mass is 15.2. The van der Waals surface area contributed by atoms with Gasteiger partial charge in [-0.05, 0) is 44.4 Å². The molecule has 2 heterocycles. The van der Waals surface area contributed by atoms with Gasteiger partial charge < -0.3 is 10.6 Å². The van der Waals surface area contributed by atoms with Gasteiger partial charge in [0.15, 0.2) is 0 Å². The van der Waals surface area contributed by atoms with Crippen molar-refractivity contribution >= 4 is 5.82 Å². The summed E-state index contributed by atoms with van der Waals surface area (Å²) >= 11 is 0. The van der Waals surface area contributed by atoms with Crippen molar-refractivity contribution in [2.75, 3.05) is 18.4 Å². The molecule has 1 aliphatic heterocycles. The van der Waals surface area contributed by atoms with Crippen molar-refractivity contribution < 1.29 is 0 Å². The van der Waals surface area contributed by atoms with Gasteiger partial charge in [0.1, 0.15) is 5.82 Å². The third-order valence-electron chi connectivity index (χ3n) is 4.15. The summed E-state index contributed by atoms with van der Waals surface area (Å²) in [4.78, 5) is 0. The Morgan fingerprint density at radius 1 is 1.11 bits per heavy atom. The first kappa shape index (κ1) is 11.9. The third kappa shape index (κ3) is 2.80. The van der Waals surface area contributed by atoms with Crippen molar-refractivity contribution in [1.82, 2.24) is 15.5 Å². The lowest BCUT2D eigenvalue weighted by molar-refractivity contribution is 0.630. The number of aromatic nitrogens is 2. The van der Waals surface area contributed by atoms with Crippen LogP contribution in [0.5, 0.6) is 0 Å². The highest BCUT2D eigenvalue weighted by Gasteiger charge is 2.18. The smallest absolute Gasteiger partial charge is 0.148 e. The average Bonchev–Trinajstić information content (AvgIpc) is 3.10. The first-order valence-electron chi connectivity index (χ1n) is 7.23. The number of rotatable bonds is 4.